The Labute approximate surface area is 168 Å². The van der Waals surface area contributed by atoms with E-state index in [4.69, 9.17) is 11.6 Å². The molecule has 3 rings (SSSR count). The average Bonchev–Trinajstić information content (AvgIpc) is 3.04. The van der Waals surface area contributed by atoms with Crippen LogP contribution in [0.5, 0.6) is 0 Å². The molecule has 0 fully saturated rings. The fourth-order valence-corrected chi connectivity index (χ4v) is 3.16. The summed E-state index contributed by atoms with van der Waals surface area (Å²) >= 11 is 6.19. The van der Waals surface area contributed by atoms with Gasteiger partial charge in [0.1, 0.15) is 5.69 Å². The number of aliphatic carboxylic acids is 1. The van der Waals surface area contributed by atoms with Crippen molar-refractivity contribution in [3.05, 3.63) is 64.4 Å². The fraction of sp³-hybridized carbons (Fsp3) is 0.176. The molecule has 1 aliphatic rings. The number of aromatic nitrogens is 1. The molecule has 0 spiro atoms. The van der Waals surface area contributed by atoms with Crippen LogP contribution in [-0.4, -0.2) is 59.2 Å². The van der Waals surface area contributed by atoms with E-state index >= 15 is 0 Å². The van der Waals surface area contributed by atoms with Gasteiger partial charge in [-0.15, -0.1) is 0 Å². The first-order valence-corrected chi connectivity index (χ1v) is 7.29. The van der Waals surface area contributed by atoms with Crippen molar-refractivity contribution in [2.45, 2.75) is 18.9 Å². The van der Waals surface area contributed by atoms with Crippen LogP contribution in [0.4, 0.5) is 0 Å². The van der Waals surface area contributed by atoms with Crippen LogP contribution >= 0.6 is 11.6 Å². The van der Waals surface area contributed by atoms with Crippen LogP contribution in [0, 0.1) is 0 Å². The minimum atomic E-state index is -0.887. The molecular formula is C17H16CaClNO3. The number of fused-ring (bicyclic) bond motifs is 1. The third-order valence-electron chi connectivity index (χ3n) is 4.00. The summed E-state index contributed by atoms with van der Waals surface area (Å²) in [6, 6.07) is 8.65. The monoisotopic (exact) mass is 357 g/mol. The van der Waals surface area contributed by atoms with E-state index in [2.05, 4.69) is 6.58 Å². The van der Waals surface area contributed by atoms with Crippen LogP contribution < -0.4 is 0 Å². The number of carbonyl (C=O) groups excluding carboxylic acids is 1. The van der Waals surface area contributed by atoms with Gasteiger partial charge in [0.25, 0.3) is 0 Å². The summed E-state index contributed by atoms with van der Waals surface area (Å²) < 4.78 is 1.73. The van der Waals surface area contributed by atoms with Gasteiger partial charge in [-0.1, -0.05) is 48.5 Å². The van der Waals surface area contributed by atoms with Gasteiger partial charge in [0.2, 0.25) is 5.78 Å². The zero-order chi connectivity index (χ0) is 15.9. The molecule has 116 valence electrons. The van der Waals surface area contributed by atoms with Crippen LogP contribution in [0.2, 0.25) is 5.02 Å². The molecule has 0 saturated heterocycles. The van der Waals surface area contributed by atoms with Crippen molar-refractivity contribution in [2.24, 2.45) is 0 Å². The van der Waals surface area contributed by atoms with Gasteiger partial charge in [0.05, 0.1) is 10.9 Å². The molecule has 23 heavy (non-hydrogen) atoms. The number of hydrogen-bond acceptors (Lipinski definition) is 2. The Morgan fingerprint density at radius 1 is 1.30 bits per heavy atom. The molecule has 0 amide bonds. The second-order valence-electron chi connectivity index (χ2n) is 5.25. The number of rotatable bonds is 4. The second kappa shape index (κ2) is 7.22. The third kappa shape index (κ3) is 3.26. The Bertz CT molecular complexity index is 780. The van der Waals surface area contributed by atoms with Crippen molar-refractivity contribution in [3.63, 3.8) is 0 Å². The van der Waals surface area contributed by atoms with Crippen LogP contribution in [0.1, 0.15) is 39.6 Å². The summed E-state index contributed by atoms with van der Waals surface area (Å²) in [6.07, 6.45) is 2.19. The number of benzene rings is 1. The Balaban J connectivity index is 0.00000192. The first kappa shape index (κ1) is 18.3. The second-order valence-corrected chi connectivity index (χ2v) is 5.66. The Morgan fingerprint density at radius 3 is 2.52 bits per heavy atom. The molecular weight excluding hydrogens is 342 g/mol. The number of ketones is 1. The van der Waals surface area contributed by atoms with E-state index in [-0.39, 0.29) is 43.5 Å². The topological polar surface area (TPSA) is 59.3 Å². The molecule has 1 N–H and O–H groups in total. The maximum atomic E-state index is 12.7. The summed E-state index contributed by atoms with van der Waals surface area (Å²) in [5.74, 6) is -1.68. The maximum absolute atomic E-state index is 12.7. The fourth-order valence-electron chi connectivity index (χ4n) is 2.86. The number of hydrogen-bond donors (Lipinski definition) is 1. The Kier molecular flexibility index (Phi) is 5.74. The molecule has 1 aromatic carbocycles. The predicted octanol–water partition coefficient (Wildman–Crippen LogP) is 2.67. The molecule has 0 bridgehead atoms. The molecule has 2 aromatic rings. The summed E-state index contributed by atoms with van der Waals surface area (Å²) in [7, 11) is 0. The van der Waals surface area contributed by atoms with Crippen LogP contribution in [0.25, 0.3) is 6.08 Å². The standard InChI is InChI=1S/C17H14ClNO3.Ca.2H/c1-2-10-3-5-11(6-4-10)16(20)15-13(18)9-14-12(17(21)22)7-8-19(14)15;;;/h2-6,9,12H,1,7-8H2,(H,21,22);;;. The zero-order valence-corrected chi connectivity index (χ0v) is 12.5. The quantitative estimate of drug-likeness (QED) is 0.676. The summed E-state index contributed by atoms with van der Waals surface area (Å²) in [6.45, 7) is 4.17. The molecule has 0 radical (unpaired) electrons. The average molecular weight is 358 g/mol. The molecule has 4 nitrogen and oxygen atoms in total. The van der Waals surface area contributed by atoms with Crippen molar-refractivity contribution in [2.75, 3.05) is 0 Å². The van der Waals surface area contributed by atoms with Gasteiger partial charge in [-0.25, -0.2) is 0 Å². The van der Waals surface area contributed by atoms with Gasteiger partial charge < -0.3 is 9.67 Å². The first-order chi connectivity index (χ1) is 10.5. The van der Waals surface area contributed by atoms with Crippen molar-refractivity contribution in [1.29, 1.82) is 0 Å². The normalized spacial score (nSPS) is 15.6. The molecule has 1 unspecified atom stereocenters. The molecule has 1 aromatic heterocycles. The van der Waals surface area contributed by atoms with Gasteiger partial charge in [-0.05, 0) is 18.1 Å². The predicted molar refractivity (Wildman–Crippen MR) is 92.9 cm³/mol. The van der Waals surface area contributed by atoms with E-state index in [1.54, 1.807) is 28.8 Å². The van der Waals surface area contributed by atoms with E-state index in [0.29, 0.717) is 34.9 Å². The Hall–Kier alpha value is -1.07. The van der Waals surface area contributed by atoms with E-state index in [0.717, 1.165) is 5.56 Å². The van der Waals surface area contributed by atoms with Crippen molar-refractivity contribution < 1.29 is 14.7 Å². The van der Waals surface area contributed by atoms with Crippen molar-refractivity contribution >= 4 is 67.2 Å². The molecule has 0 saturated carbocycles. The van der Waals surface area contributed by atoms with Crippen LogP contribution in [-0.2, 0) is 11.3 Å². The van der Waals surface area contributed by atoms with Gasteiger partial charge in [-0.2, -0.15) is 0 Å². The van der Waals surface area contributed by atoms with Gasteiger partial charge in [-0.3, -0.25) is 9.59 Å². The van der Waals surface area contributed by atoms with E-state index < -0.39 is 11.9 Å². The zero-order valence-electron chi connectivity index (χ0n) is 11.8. The van der Waals surface area contributed by atoms with E-state index in [9.17, 15) is 14.7 Å². The first-order valence-electron chi connectivity index (χ1n) is 6.92. The van der Waals surface area contributed by atoms with Crippen molar-refractivity contribution in [1.82, 2.24) is 4.57 Å². The van der Waals surface area contributed by atoms with Gasteiger partial charge >= 0.3 is 43.7 Å². The number of halogens is 1. The summed E-state index contributed by atoms with van der Waals surface area (Å²) in [4.78, 5) is 23.9. The summed E-state index contributed by atoms with van der Waals surface area (Å²) in [5, 5.41) is 9.53. The van der Waals surface area contributed by atoms with Gasteiger partial charge in [0, 0.05) is 17.8 Å². The molecule has 2 heterocycles. The minimum absolute atomic E-state index is 0. The Morgan fingerprint density at radius 2 is 1.96 bits per heavy atom. The third-order valence-corrected chi connectivity index (χ3v) is 4.29. The SMILES string of the molecule is C=Cc1ccc(C(=O)c2c(Cl)cc3n2CCC3C(=O)O)cc1.[CaH2]. The molecule has 1 aliphatic heterocycles. The summed E-state index contributed by atoms with van der Waals surface area (Å²) in [5.41, 5.74) is 2.41. The number of carboxylic acid groups (broad SMARTS) is 1. The van der Waals surface area contributed by atoms with Gasteiger partial charge in [0.15, 0.2) is 0 Å². The van der Waals surface area contributed by atoms with Crippen LogP contribution in [0.3, 0.4) is 0 Å². The molecule has 6 heteroatoms. The van der Waals surface area contributed by atoms with E-state index in [1.165, 1.54) is 0 Å². The number of carboxylic acids is 1. The van der Waals surface area contributed by atoms with E-state index in [1.807, 2.05) is 12.1 Å². The molecule has 0 aliphatic carbocycles. The number of carbonyl (C=O) groups is 2. The van der Waals surface area contributed by atoms with Crippen molar-refractivity contribution in [3.8, 4) is 0 Å². The molecule has 1 atom stereocenters. The number of nitrogens with zero attached hydrogens (tertiary/aromatic N) is 1. The van der Waals surface area contributed by atoms with Crippen LogP contribution in [0.15, 0.2) is 36.9 Å².